The number of ether oxygens (including phenoxy) is 2. The molecule has 6 nitrogen and oxygen atoms in total. The maximum atomic E-state index is 12.5. The van der Waals surface area contributed by atoms with E-state index in [-0.39, 0.29) is 24.3 Å². The van der Waals surface area contributed by atoms with Crippen molar-refractivity contribution in [1.29, 1.82) is 0 Å². The molecule has 2 bridgehead atoms. The Morgan fingerprint density at radius 2 is 1.77 bits per heavy atom. The zero-order valence-corrected chi connectivity index (χ0v) is 15.5. The number of nitrogens with zero attached hydrogens (tertiary/aromatic N) is 3. The van der Waals surface area contributed by atoms with Crippen LogP contribution in [0.5, 0.6) is 5.88 Å². The van der Waals surface area contributed by atoms with Crippen LogP contribution in [0.25, 0.3) is 11.0 Å². The molecule has 2 fully saturated rings. The van der Waals surface area contributed by atoms with Gasteiger partial charge in [0.15, 0.2) is 0 Å². The standard InChI is InChI=1S/C20H25N3O3/c1-20(2,3)26-19(24)23-13-8-9-14(23)11-15(10-13)25-18-12-21-16-6-4-5-7-17(16)22-18/h4-7,12-15H,8-11H2,1-3H3/t13-,14+,15+. The first-order valence-corrected chi connectivity index (χ1v) is 9.29. The topological polar surface area (TPSA) is 64.5 Å². The SMILES string of the molecule is CC(C)(C)OC(=O)N1[C@@H]2CC[C@H]1C[C@@H](Oc1cnc3ccccc3n1)C2. The van der Waals surface area contributed by atoms with Crippen molar-refractivity contribution in [1.82, 2.24) is 14.9 Å². The fourth-order valence-corrected chi connectivity index (χ4v) is 4.00. The minimum Gasteiger partial charge on any atom is -0.473 e. The number of fused-ring (bicyclic) bond motifs is 3. The van der Waals surface area contributed by atoms with Crippen molar-refractivity contribution in [3.05, 3.63) is 30.5 Å². The number of rotatable bonds is 2. The lowest BCUT2D eigenvalue weighted by atomic mass is 10.0. The predicted octanol–water partition coefficient (Wildman–Crippen LogP) is 3.94. The number of hydrogen-bond donors (Lipinski definition) is 0. The Morgan fingerprint density at radius 1 is 1.12 bits per heavy atom. The molecule has 1 aromatic heterocycles. The molecule has 0 unspecified atom stereocenters. The monoisotopic (exact) mass is 355 g/mol. The third-order valence-electron chi connectivity index (χ3n) is 5.01. The van der Waals surface area contributed by atoms with Crippen LogP contribution in [0.4, 0.5) is 4.79 Å². The first-order valence-electron chi connectivity index (χ1n) is 9.29. The first kappa shape index (κ1) is 17.1. The zero-order valence-electron chi connectivity index (χ0n) is 15.5. The normalized spacial score (nSPS) is 25.3. The van der Waals surface area contributed by atoms with Crippen molar-refractivity contribution in [2.75, 3.05) is 0 Å². The number of benzene rings is 1. The predicted molar refractivity (Wildman–Crippen MR) is 98.1 cm³/mol. The van der Waals surface area contributed by atoms with Gasteiger partial charge in [-0.05, 0) is 45.7 Å². The summed E-state index contributed by atoms with van der Waals surface area (Å²) in [5.74, 6) is 0.554. The van der Waals surface area contributed by atoms with E-state index in [0.29, 0.717) is 5.88 Å². The number of piperidine rings is 1. The van der Waals surface area contributed by atoms with Gasteiger partial charge in [0.05, 0.1) is 17.2 Å². The molecule has 0 N–H and O–H groups in total. The average Bonchev–Trinajstić information content (AvgIpc) is 2.85. The van der Waals surface area contributed by atoms with Gasteiger partial charge in [-0.25, -0.2) is 14.8 Å². The lowest BCUT2D eigenvalue weighted by Gasteiger charge is -2.39. The summed E-state index contributed by atoms with van der Waals surface area (Å²) in [5.41, 5.74) is 1.23. The summed E-state index contributed by atoms with van der Waals surface area (Å²) in [6.07, 6.45) is 5.18. The van der Waals surface area contributed by atoms with Crippen LogP contribution in [-0.2, 0) is 4.74 Å². The van der Waals surface area contributed by atoms with Crippen LogP contribution >= 0.6 is 0 Å². The maximum Gasteiger partial charge on any atom is 0.410 e. The Morgan fingerprint density at radius 3 is 2.42 bits per heavy atom. The second-order valence-electron chi connectivity index (χ2n) is 8.18. The number of carbonyl (C=O) groups is 1. The Bertz CT molecular complexity index is 803. The third-order valence-corrected chi connectivity index (χ3v) is 5.01. The van der Waals surface area contributed by atoms with Crippen molar-refractivity contribution in [2.45, 2.75) is 70.2 Å². The quantitative estimate of drug-likeness (QED) is 0.816. The summed E-state index contributed by atoms with van der Waals surface area (Å²) in [7, 11) is 0. The molecule has 6 heteroatoms. The molecule has 3 atom stereocenters. The van der Waals surface area contributed by atoms with Crippen LogP contribution in [0.3, 0.4) is 0 Å². The van der Waals surface area contributed by atoms with E-state index in [9.17, 15) is 4.79 Å². The molecule has 1 amide bonds. The van der Waals surface area contributed by atoms with Gasteiger partial charge in [-0.1, -0.05) is 12.1 Å². The lowest BCUT2D eigenvalue weighted by Crippen LogP contribution is -2.50. The van der Waals surface area contributed by atoms with Gasteiger partial charge in [-0.2, -0.15) is 0 Å². The molecule has 138 valence electrons. The fourth-order valence-electron chi connectivity index (χ4n) is 4.00. The summed E-state index contributed by atoms with van der Waals surface area (Å²) >= 11 is 0. The molecule has 0 saturated carbocycles. The smallest absolute Gasteiger partial charge is 0.410 e. The summed E-state index contributed by atoms with van der Waals surface area (Å²) in [5, 5.41) is 0. The highest BCUT2D eigenvalue weighted by Crippen LogP contribution is 2.38. The van der Waals surface area contributed by atoms with Crippen molar-refractivity contribution in [2.24, 2.45) is 0 Å². The van der Waals surface area contributed by atoms with Crippen LogP contribution in [0, 0.1) is 0 Å². The van der Waals surface area contributed by atoms with E-state index in [1.54, 1.807) is 6.20 Å². The molecular weight excluding hydrogens is 330 g/mol. The second kappa shape index (κ2) is 6.41. The van der Waals surface area contributed by atoms with Gasteiger partial charge in [-0.15, -0.1) is 0 Å². The van der Waals surface area contributed by atoms with E-state index < -0.39 is 5.60 Å². The number of para-hydroxylation sites is 2. The number of aromatic nitrogens is 2. The molecule has 3 heterocycles. The number of hydrogen-bond acceptors (Lipinski definition) is 5. The Balaban J connectivity index is 1.44. The van der Waals surface area contributed by atoms with Crippen LogP contribution in [-0.4, -0.2) is 44.7 Å². The van der Waals surface area contributed by atoms with Crippen molar-refractivity contribution in [3.63, 3.8) is 0 Å². The number of carbonyl (C=O) groups excluding carboxylic acids is 1. The molecule has 0 aliphatic carbocycles. The molecule has 2 aliphatic heterocycles. The summed E-state index contributed by atoms with van der Waals surface area (Å²) in [6.45, 7) is 5.71. The van der Waals surface area contributed by atoms with E-state index in [1.807, 2.05) is 49.9 Å². The molecule has 1 aromatic carbocycles. The first-order chi connectivity index (χ1) is 12.4. The third kappa shape index (κ3) is 3.45. The highest BCUT2D eigenvalue weighted by Gasteiger charge is 2.45. The van der Waals surface area contributed by atoms with Crippen LogP contribution in [0.2, 0.25) is 0 Å². The van der Waals surface area contributed by atoms with Gasteiger partial charge in [0.25, 0.3) is 0 Å². The highest BCUT2D eigenvalue weighted by molar-refractivity contribution is 5.74. The number of amides is 1. The van der Waals surface area contributed by atoms with E-state index >= 15 is 0 Å². The molecular formula is C20H25N3O3. The van der Waals surface area contributed by atoms with Gasteiger partial charge in [0.2, 0.25) is 5.88 Å². The average molecular weight is 355 g/mol. The lowest BCUT2D eigenvalue weighted by molar-refractivity contribution is -0.00759. The minimum absolute atomic E-state index is 0.0571. The maximum absolute atomic E-state index is 12.5. The highest BCUT2D eigenvalue weighted by atomic mass is 16.6. The van der Waals surface area contributed by atoms with Gasteiger partial charge in [0.1, 0.15) is 11.7 Å². The second-order valence-corrected chi connectivity index (χ2v) is 8.18. The molecule has 2 saturated heterocycles. The zero-order chi connectivity index (χ0) is 18.3. The summed E-state index contributed by atoms with van der Waals surface area (Å²) in [6, 6.07) is 8.13. The molecule has 26 heavy (non-hydrogen) atoms. The largest absolute Gasteiger partial charge is 0.473 e. The minimum atomic E-state index is -0.468. The summed E-state index contributed by atoms with van der Waals surface area (Å²) in [4.78, 5) is 23.4. The van der Waals surface area contributed by atoms with Crippen LogP contribution in [0.15, 0.2) is 30.5 Å². The Kier molecular flexibility index (Phi) is 4.21. The van der Waals surface area contributed by atoms with Gasteiger partial charge >= 0.3 is 6.09 Å². The van der Waals surface area contributed by atoms with Crippen molar-refractivity contribution < 1.29 is 14.3 Å². The Labute approximate surface area is 153 Å². The van der Waals surface area contributed by atoms with Crippen LogP contribution in [0.1, 0.15) is 46.5 Å². The summed E-state index contributed by atoms with van der Waals surface area (Å²) < 4.78 is 11.7. The fraction of sp³-hybridized carbons (Fsp3) is 0.550. The van der Waals surface area contributed by atoms with Gasteiger partial charge < -0.3 is 14.4 Å². The van der Waals surface area contributed by atoms with Crippen molar-refractivity contribution >= 4 is 17.1 Å². The molecule has 0 radical (unpaired) electrons. The van der Waals surface area contributed by atoms with E-state index in [4.69, 9.17) is 9.47 Å². The van der Waals surface area contributed by atoms with E-state index in [0.717, 1.165) is 36.7 Å². The molecule has 4 rings (SSSR count). The Hall–Kier alpha value is -2.37. The van der Waals surface area contributed by atoms with Gasteiger partial charge in [-0.3, -0.25) is 0 Å². The van der Waals surface area contributed by atoms with Crippen LogP contribution < -0.4 is 4.74 Å². The molecule has 0 spiro atoms. The van der Waals surface area contributed by atoms with Gasteiger partial charge in [0, 0.05) is 24.9 Å². The molecule has 2 aliphatic rings. The molecule has 2 aromatic rings. The van der Waals surface area contributed by atoms with Crippen molar-refractivity contribution in [3.8, 4) is 5.88 Å². The van der Waals surface area contributed by atoms with E-state index in [1.165, 1.54) is 0 Å². The van der Waals surface area contributed by atoms with E-state index in [2.05, 4.69) is 9.97 Å².